The quantitative estimate of drug-likeness (QED) is 0.450. The summed E-state index contributed by atoms with van der Waals surface area (Å²) in [6.45, 7) is 0. The number of benzene rings is 1. The van der Waals surface area contributed by atoms with Crippen molar-refractivity contribution in [3.8, 4) is 5.75 Å². The fraction of sp³-hybridized carbons (Fsp3) is 0.500. The molecule has 2 aliphatic heterocycles. The minimum Gasteiger partial charge on any atom is -0.410 e. The van der Waals surface area contributed by atoms with E-state index in [2.05, 4.69) is 0 Å². The molecule has 2 heterocycles. The van der Waals surface area contributed by atoms with E-state index in [0.717, 1.165) is 4.90 Å². The SMILES string of the molecule is O=C(Oc1ccccc1)N1[C@@H]2[C@@H]1[C@@H]1C[C@@H]2N(C(F)(F)F)C1(F)F. The molecule has 124 valence electrons. The highest BCUT2D eigenvalue weighted by atomic mass is 19.4. The molecule has 0 aromatic heterocycles. The van der Waals surface area contributed by atoms with Crippen molar-refractivity contribution in [3.63, 3.8) is 0 Å². The molecule has 0 N–H and O–H groups in total. The molecule has 4 atom stereocenters. The number of amides is 1. The largest absolute Gasteiger partial charge is 0.464 e. The number of piperidine rings is 2. The monoisotopic (exact) mass is 334 g/mol. The van der Waals surface area contributed by atoms with Crippen LogP contribution in [0.25, 0.3) is 0 Å². The second-order valence-corrected chi connectivity index (χ2v) is 5.90. The highest BCUT2D eigenvalue weighted by molar-refractivity contribution is 5.75. The molecule has 0 spiro atoms. The predicted molar refractivity (Wildman–Crippen MR) is 66.6 cm³/mol. The van der Waals surface area contributed by atoms with Crippen LogP contribution < -0.4 is 4.74 Å². The molecule has 3 aliphatic rings. The summed E-state index contributed by atoms with van der Waals surface area (Å²) in [5, 5.41) is 0. The van der Waals surface area contributed by atoms with Gasteiger partial charge >= 0.3 is 18.4 Å². The van der Waals surface area contributed by atoms with Gasteiger partial charge in [0.1, 0.15) is 5.75 Å². The van der Waals surface area contributed by atoms with Gasteiger partial charge in [-0.05, 0) is 18.6 Å². The number of hydrogen-bond donors (Lipinski definition) is 0. The number of hydrogen-bond acceptors (Lipinski definition) is 3. The van der Waals surface area contributed by atoms with Crippen LogP contribution in [0, 0.1) is 5.92 Å². The van der Waals surface area contributed by atoms with E-state index < -0.39 is 47.4 Å². The first-order valence-electron chi connectivity index (χ1n) is 7.02. The Hall–Kier alpha value is -1.90. The molecule has 4 nitrogen and oxygen atoms in total. The van der Waals surface area contributed by atoms with Gasteiger partial charge in [0.05, 0.1) is 18.0 Å². The molecule has 1 aromatic carbocycles. The number of nitrogens with zero attached hydrogens (tertiary/aromatic N) is 2. The molecule has 3 fully saturated rings. The van der Waals surface area contributed by atoms with Gasteiger partial charge in [-0.1, -0.05) is 18.2 Å². The van der Waals surface area contributed by atoms with Crippen molar-refractivity contribution in [2.45, 2.75) is 36.9 Å². The van der Waals surface area contributed by atoms with E-state index in [9.17, 15) is 26.7 Å². The second kappa shape index (κ2) is 4.34. The topological polar surface area (TPSA) is 32.6 Å². The normalized spacial score (nSPS) is 34.4. The van der Waals surface area contributed by atoms with Gasteiger partial charge in [-0.2, -0.15) is 22.0 Å². The number of para-hydroxylation sites is 1. The molecule has 4 rings (SSSR count). The van der Waals surface area contributed by atoms with Crippen LogP contribution in [0.1, 0.15) is 6.42 Å². The molecule has 1 aliphatic carbocycles. The summed E-state index contributed by atoms with van der Waals surface area (Å²) >= 11 is 0. The molecule has 9 heteroatoms. The molecular formula is C14H11F5N2O2. The number of ether oxygens (including phenoxy) is 1. The lowest BCUT2D eigenvalue weighted by Crippen LogP contribution is -2.56. The van der Waals surface area contributed by atoms with Gasteiger partial charge in [0.25, 0.3) is 0 Å². The van der Waals surface area contributed by atoms with Gasteiger partial charge in [0.15, 0.2) is 0 Å². The van der Waals surface area contributed by atoms with Crippen LogP contribution >= 0.6 is 0 Å². The van der Waals surface area contributed by atoms with Gasteiger partial charge in [0.2, 0.25) is 0 Å². The maximum atomic E-state index is 14.0. The van der Waals surface area contributed by atoms with Crippen molar-refractivity contribution in [2.75, 3.05) is 0 Å². The van der Waals surface area contributed by atoms with Gasteiger partial charge in [0, 0.05) is 6.04 Å². The predicted octanol–water partition coefficient (Wildman–Crippen LogP) is 3.05. The molecule has 23 heavy (non-hydrogen) atoms. The molecule has 0 unspecified atom stereocenters. The van der Waals surface area contributed by atoms with E-state index >= 15 is 0 Å². The lowest BCUT2D eigenvalue weighted by molar-refractivity contribution is -0.339. The maximum absolute atomic E-state index is 14.0. The zero-order valence-corrected chi connectivity index (χ0v) is 11.5. The van der Waals surface area contributed by atoms with Crippen LogP contribution in [0.5, 0.6) is 5.75 Å². The van der Waals surface area contributed by atoms with Crippen LogP contribution in [0.4, 0.5) is 26.7 Å². The summed E-state index contributed by atoms with van der Waals surface area (Å²) in [7, 11) is 0. The Balaban J connectivity index is 1.54. The van der Waals surface area contributed by atoms with E-state index in [1.54, 1.807) is 18.2 Å². The number of halogens is 5. The van der Waals surface area contributed by atoms with E-state index in [-0.39, 0.29) is 12.2 Å². The number of alkyl halides is 5. The molecule has 0 radical (unpaired) electrons. The number of rotatable bonds is 1. The zero-order chi connectivity index (χ0) is 16.6. The van der Waals surface area contributed by atoms with E-state index in [1.807, 2.05) is 0 Å². The molecule has 2 bridgehead atoms. The average molecular weight is 334 g/mol. The third kappa shape index (κ3) is 1.95. The molecule has 1 aromatic rings. The Bertz CT molecular complexity index is 650. The summed E-state index contributed by atoms with van der Waals surface area (Å²) < 4.78 is 71.6. The van der Waals surface area contributed by atoms with Crippen molar-refractivity contribution < 1.29 is 31.5 Å². The Labute approximate surface area is 127 Å². The van der Waals surface area contributed by atoms with Crippen molar-refractivity contribution in [2.24, 2.45) is 5.92 Å². The Kier molecular flexibility index (Phi) is 2.77. The van der Waals surface area contributed by atoms with Crippen molar-refractivity contribution in [1.29, 1.82) is 0 Å². The Morgan fingerprint density at radius 2 is 1.83 bits per heavy atom. The van der Waals surface area contributed by atoms with E-state index in [0.29, 0.717) is 0 Å². The lowest BCUT2D eigenvalue weighted by atomic mass is 10.1. The minimum absolute atomic E-state index is 0.217. The molecule has 2 saturated heterocycles. The summed E-state index contributed by atoms with van der Waals surface area (Å²) in [4.78, 5) is 12.3. The van der Waals surface area contributed by atoms with Crippen LogP contribution in [-0.4, -0.2) is 46.4 Å². The molecule has 1 saturated carbocycles. The molecular weight excluding hydrogens is 323 g/mol. The maximum Gasteiger partial charge on any atom is 0.464 e. The standard InChI is InChI=1S/C14H11F5N2O2/c15-13(16)8-6-9(21(13)14(17,18)19)11-10(8)20(11)12(22)23-7-4-2-1-3-5-7/h1-5,8-11H,6H2/t8-,9-,10-,11-,20?/m0/s1. The summed E-state index contributed by atoms with van der Waals surface area (Å²) in [5.41, 5.74) is 0. The van der Waals surface area contributed by atoms with E-state index in [1.165, 1.54) is 12.1 Å². The number of carbonyl (C=O) groups is 1. The number of fused-ring (bicyclic) bond motifs is 5. The minimum atomic E-state index is -5.13. The number of likely N-dealkylation sites (tertiary alicyclic amines) is 2. The summed E-state index contributed by atoms with van der Waals surface area (Å²) in [6, 6.07) is 0.789. The zero-order valence-electron chi connectivity index (χ0n) is 11.5. The second-order valence-electron chi connectivity index (χ2n) is 5.90. The summed E-state index contributed by atoms with van der Waals surface area (Å²) in [6.07, 6.45) is -6.29. The van der Waals surface area contributed by atoms with Crippen LogP contribution in [0.3, 0.4) is 0 Å². The van der Waals surface area contributed by atoms with Crippen molar-refractivity contribution in [1.82, 2.24) is 9.80 Å². The van der Waals surface area contributed by atoms with Crippen LogP contribution in [-0.2, 0) is 0 Å². The molecule has 1 amide bonds. The Morgan fingerprint density at radius 3 is 2.43 bits per heavy atom. The average Bonchev–Trinajstić information content (AvgIpc) is 2.98. The first-order valence-corrected chi connectivity index (χ1v) is 7.02. The highest BCUT2D eigenvalue weighted by Crippen LogP contribution is 2.63. The third-order valence-electron chi connectivity index (χ3n) is 4.74. The van der Waals surface area contributed by atoms with E-state index in [4.69, 9.17) is 4.74 Å². The van der Waals surface area contributed by atoms with Gasteiger partial charge < -0.3 is 4.74 Å². The highest BCUT2D eigenvalue weighted by Gasteiger charge is 2.82. The fourth-order valence-electron chi connectivity index (χ4n) is 3.90. The smallest absolute Gasteiger partial charge is 0.410 e. The van der Waals surface area contributed by atoms with Gasteiger partial charge in [-0.15, -0.1) is 4.90 Å². The van der Waals surface area contributed by atoms with Gasteiger partial charge in [-0.25, -0.2) is 4.79 Å². The summed E-state index contributed by atoms with van der Waals surface area (Å²) in [5.74, 6) is -1.29. The fourth-order valence-corrected chi connectivity index (χ4v) is 3.90. The van der Waals surface area contributed by atoms with Crippen LogP contribution in [0.2, 0.25) is 0 Å². The van der Waals surface area contributed by atoms with Crippen molar-refractivity contribution in [3.05, 3.63) is 30.3 Å². The van der Waals surface area contributed by atoms with Gasteiger partial charge in [-0.3, -0.25) is 4.90 Å². The third-order valence-corrected chi connectivity index (χ3v) is 4.74. The first kappa shape index (κ1) is 14.7. The first-order chi connectivity index (χ1) is 10.7. The number of carbonyl (C=O) groups excluding carboxylic acids is 1. The van der Waals surface area contributed by atoms with Crippen LogP contribution in [0.15, 0.2) is 30.3 Å². The van der Waals surface area contributed by atoms with Crippen molar-refractivity contribution >= 4 is 6.09 Å². The Morgan fingerprint density at radius 1 is 1.17 bits per heavy atom. The lowest BCUT2D eigenvalue weighted by Gasteiger charge is -2.33.